The fraction of sp³-hybridized carbons (Fsp3) is 0.119. The molecule has 6 aromatic rings. The topological polar surface area (TPSA) is 149 Å². The molecule has 10 heteroatoms. The Hall–Kier alpha value is -6.81. The Morgan fingerprint density at radius 2 is 1.13 bits per heavy atom. The highest BCUT2D eigenvalue weighted by molar-refractivity contribution is 6.08. The minimum atomic E-state index is -1.13. The average molecular weight is 696 g/mol. The van der Waals surface area contributed by atoms with Crippen LogP contribution in [0.1, 0.15) is 56.0 Å². The molecule has 2 amide bonds. The molecule has 0 unspecified atom stereocenters. The van der Waals surface area contributed by atoms with Crippen LogP contribution >= 0.6 is 0 Å². The number of carbonyl (C=O) groups excluding carboxylic acids is 2. The van der Waals surface area contributed by atoms with E-state index >= 15 is 0 Å². The predicted octanol–water partition coefficient (Wildman–Crippen LogP) is 8.57. The Bertz CT molecular complexity index is 2250. The SMILES string of the molecule is CC(C)Oc1cc(C(=O)Nc2ccc(C(=O)Nc3ccc(C(=O)O)cc3OCc3ccccc3)cc2OCc2ccc3ccccc3c2)ccc1N. The van der Waals surface area contributed by atoms with Crippen LogP contribution in [-0.4, -0.2) is 29.0 Å². The van der Waals surface area contributed by atoms with Gasteiger partial charge in [0.1, 0.15) is 30.5 Å². The number of hydrogen-bond acceptors (Lipinski definition) is 7. The van der Waals surface area contributed by atoms with Gasteiger partial charge in [-0.25, -0.2) is 4.79 Å². The number of rotatable bonds is 13. The number of nitrogens with one attached hydrogen (secondary N) is 2. The molecule has 0 aliphatic carbocycles. The zero-order valence-electron chi connectivity index (χ0n) is 28.6. The molecule has 6 aromatic carbocycles. The Kier molecular flexibility index (Phi) is 10.7. The summed E-state index contributed by atoms with van der Waals surface area (Å²) in [4.78, 5) is 38.9. The molecule has 0 fully saturated rings. The first-order chi connectivity index (χ1) is 25.1. The molecule has 0 atom stereocenters. The van der Waals surface area contributed by atoms with Crippen molar-refractivity contribution >= 4 is 45.6 Å². The van der Waals surface area contributed by atoms with Crippen LogP contribution in [0.4, 0.5) is 17.1 Å². The Balaban J connectivity index is 1.28. The summed E-state index contributed by atoms with van der Waals surface area (Å²) >= 11 is 0. The van der Waals surface area contributed by atoms with Crippen LogP contribution in [0.5, 0.6) is 17.2 Å². The molecule has 0 spiro atoms. The molecule has 0 bridgehead atoms. The van der Waals surface area contributed by atoms with E-state index in [4.69, 9.17) is 19.9 Å². The summed E-state index contributed by atoms with van der Waals surface area (Å²) in [5.74, 6) is -1.22. The molecule has 262 valence electrons. The number of carboxylic acid groups (broad SMARTS) is 1. The lowest BCUT2D eigenvalue weighted by molar-refractivity contribution is 0.0696. The van der Waals surface area contributed by atoms with Crippen molar-refractivity contribution < 1.29 is 33.7 Å². The van der Waals surface area contributed by atoms with Gasteiger partial charge in [-0.1, -0.05) is 66.7 Å². The lowest BCUT2D eigenvalue weighted by atomic mass is 10.1. The van der Waals surface area contributed by atoms with Crippen molar-refractivity contribution in [1.29, 1.82) is 0 Å². The number of aromatic carboxylic acids is 1. The zero-order chi connectivity index (χ0) is 36.6. The van der Waals surface area contributed by atoms with Gasteiger partial charge in [-0.2, -0.15) is 0 Å². The molecule has 0 saturated carbocycles. The molecular weight excluding hydrogens is 658 g/mol. The minimum absolute atomic E-state index is 0.00882. The predicted molar refractivity (Wildman–Crippen MR) is 201 cm³/mol. The molecule has 0 heterocycles. The van der Waals surface area contributed by atoms with Gasteiger partial charge in [0.2, 0.25) is 0 Å². The largest absolute Gasteiger partial charge is 0.489 e. The second-order valence-electron chi connectivity index (χ2n) is 12.3. The number of nitrogens with two attached hydrogens (primary N) is 1. The van der Waals surface area contributed by atoms with Crippen LogP contribution in [0.3, 0.4) is 0 Å². The fourth-order valence-electron chi connectivity index (χ4n) is 5.41. The number of fused-ring (bicyclic) bond motifs is 1. The number of benzene rings is 6. The quantitative estimate of drug-likeness (QED) is 0.0878. The minimum Gasteiger partial charge on any atom is -0.489 e. The highest BCUT2D eigenvalue weighted by atomic mass is 16.5. The van der Waals surface area contributed by atoms with Crippen molar-refractivity contribution in [3.63, 3.8) is 0 Å². The third-order valence-electron chi connectivity index (χ3n) is 8.05. The molecule has 52 heavy (non-hydrogen) atoms. The van der Waals surface area contributed by atoms with Crippen molar-refractivity contribution in [2.24, 2.45) is 0 Å². The van der Waals surface area contributed by atoms with Crippen LogP contribution in [0.25, 0.3) is 10.8 Å². The van der Waals surface area contributed by atoms with E-state index in [1.807, 2.05) is 86.6 Å². The molecule has 0 aromatic heterocycles. The van der Waals surface area contributed by atoms with Crippen LogP contribution in [0, 0.1) is 0 Å². The van der Waals surface area contributed by atoms with Crippen LogP contribution in [0.2, 0.25) is 0 Å². The molecule has 5 N–H and O–H groups in total. The monoisotopic (exact) mass is 695 g/mol. The first kappa shape index (κ1) is 35.0. The average Bonchev–Trinajstić information content (AvgIpc) is 3.14. The Morgan fingerprint density at radius 1 is 0.596 bits per heavy atom. The van der Waals surface area contributed by atoms with Gasteiger partial charge in [-0.3, -0.25) is 9.59 Å². The van der Waals surface area contributed by atoms with E-state index in [1.165, 1.54) is 18.2 Å². The van der Waals surface area contributed by atoms with Gasteiger partial charge < -0.3 is 35.7 Å². The van der Waals surface area contributed by atoms with Gasteiger partial charge in [-0.05, 0) is 96.4 Å². The Labute approximate surface area is 300 Å². The highest BCUT2D eigenvalue weighted by Crippen LogP contribution is 2.32. The number of nitrogen functional groups attached to an aromatic ring is 1. The molecular formula is C42H37N3O7. The molecule has 0 saturated heterocycles. The number of carbonyl (C=O) groups is 3. The number of amides is 2. The summed E-state index contributed by atoms with van der Waals surface area (Å²) in [5, 5.41) is 17.5. The maximum Gasteiger partial charge on any atom is 0.335 e. The van der Waals surface area contributed by atoms with Crippen LogP contribution in [-0.2, 0) is 13.2 Å². The van der Waals surface area contributed by atoms with Gasteiger partial charge in [0.25, 0.3) is 11.8 Å². The highest BCUT2D eigenvalue weighted by Gasteiger charge is 2.18. The lowest BCUT2D eigenvalue weighted by Crippen LogP contribution is -2.16. The van der Waals surface area contributed by atoms with Crippen molar-refractivity contribution in [1.82, 2.24) is 0 Å². The second kappa shape index (κ2) is 15.8. The van der Waals surface area contributed by atoms with Gasteiger partial charge in [0.05, 0.1) is 28.7 Å². The van der Waals surface area contributed by atoms with E-state index in [2.05, 4.69) is 10.6 Å². The Morgan fingerprint density at radius 3 is 1.77 bits per heavy atom. The molecule has 10 nitrogen and oxygen atoms in total. The summed E-state index contributed by atoms with van der Waals surface area (Å²) in [6, 6.07) is 37.1. The van der Waals surface area contributed by atoms with Gasteiger partial charge >= 0.3 is 5.97 Å². The van der Waals surface area contributed by atoms with E-state index in [1.54, 1.807) is 36.4 Å². The third kappa shape index (κ3) is 8.67. The summed E-state index contributed by atoms with van der Waals surface area (Å²) in [5.41, 5.74) is 9.41. The third-order valence-corrected chi connectivity index (χ3v) is 8.05. The normalized spacial score (nSPS) is 10.8. The summed E-state index contributed by atoms with van der Waals surface area (Å²) in [6.45, 7) is 4.05. The first-order valence-corrected chi connectivity index (χ1v) is 16.6. The van der Waals surface area contributed by atoms with Gasteiger partial charge in [0, 0.05) is 11.1 Å². The van der Waals surface area contributed by atoms with E-state index in [-0.39, 0.29) is 47.6 Å². The van der Waals surface area contributed by atoms with Crippen LogP contribution in [0.15, 0.2) is 127 Å². The van der Waals surface area contributed by atoms with E-state index in [0.717, 1.165) is 21.9 Å². The number of hydrogen-bond donors (Lipinski definition) is 4. The van der Waals surface area contributed by atoms with Crippen molar-refractivity contribution in [3.05, 3.63) is 155 Å². The zero-order valence-corrected chi connectivity index (χ0v) is 28.6. The second-order valence-corrected chi connectivity index (χ2v) is 12.3. The summed E-state index contributed by atoms with van der Waals surface area (Å²) < 4.78 is 18.0. The molecule has 0 aliphatic heterocycles. The van der Waals surface area contributed by atoms with Crippen molar-refractivity contribution in [3.8, 4) is 17.2 Å². The smallest absolute Gasteiger partial charge is 0.335 e. The van der Waals surface area contributed by atoms with Gasteiger partial charge in [0.15, 0.2) is 0 Å². The van der Waals surface area contributed by atoms with Crippen LogP contribution < -0.4 is 30.6 Å². The number of carboxylic acids is 1. The van der Waals surface area contributed by atoms with E-state index in [0.29, 0.717) is 22.7 Å². The molecule has 0 radical (unpaired) electrons. The van der Waals surface area contributed by atoms with E-state index < -0.39 is 17.8 Å². The lowest BCUT2D eigenvalue weighted by Gasteiger charge is -2.17. The maximum absolute atomic E-state index is 13.7. The molecule has 0 aliphatic rings. The number of ether oxygens (including phenoxy) is 3. The summed E-state index contributed by atoms with van der Waals surface area (Å²) in [6.07, 6.45) is -0.143. The first-order valence-electron chi connectivity index (χ1n) is 16.6. The van der Waals surface area contributed by atoms with E-state index in [9.17, 15) is 19.5 Å². The standard InChI is InChI=1S/C42H37N3O7/c1-26(2)52-37-21-31(14-17-34(37)43)40(46)44-35-18-15-32(22-38(35)51-25-28-12-13-29-10-6-7-11-30(29)20-28)41(47)45-36-19-16-33(42(48)49)23-39(36)50-24-27-8-4-3-5-9-27/h3-23,26H,24-25,43H2,1-2H3,(H,44,46)(H,45,47)(H,48,49). The maximum atomic E-state index is 13.7. The van der Waals surface area contributed by atoms with Gasteiger partial charge in [-0.15, -0.1) is 0 Å². The van der Waals surface area contributed by atoms with Crippen molar-refractivity contribution in [2.45, 2.75) is 33.2 Å². The summed E-state index contributed by atoms with van der Waals surface area (Å²) in [7, 11) is 0. The number of anilines is 3. The fourth-order valence-corrected chi connectivity index (χ4v) is 5.41. The molecule has 6 rings (SSSR count). The van der Waals surface area contributed by atoms with Crippen molar-refractivity contribution in [2.75, 3.05) is 16.4 Å².